The largest absolute Gasteiger partial charge is 0.328 e. The number of carbonyl (C=O) groups is 2. The number of ketones is 1. The van der Waals surface area contributed by atoms with Crippen molar-refractivity contribution in [3.8, 4) is 0 Å². The van der Waals surface area contributed by atoms with Crippen LogP contribution in [0.1, 0.15) is 46.5 Å². The Hall–Kier alpha value is -1.06. The molecule has 2 amide bonds. The quantitative estimate of drug-likeness (QED) is 0.819. The molecule has 4 heteroatoms. The van der Waals surface area contributed by atoms with Crippen LogP contribution in [0, 0.1) is 5.92 Å². The lowest BCUT2D eigenvalue weighted by Gasteiger charge is -2.30. The number of hydrogen-bond donors (Lipinski definition) is 1. The molecular formula is C13H24N2O2. The highest BCUT2D eigenvalue weighted by Crippen LogP contribution is 2.11. The molecule has 17 heavy (non-hydrogen) atoms. The Balaban J connectivity index is 2.54. The molecule has 4 nitrogen and oxygen atoms in total. The number of urea groups is 1. The zero-order valence-electron chi connectivity index (χ0n) is 11.2. The fraction of sp³-hybridized carbons (Fsp3) is 0.846. The van der Waals surface area contributed by atoms with Gasteiger partial charge >= 0.3 is 6.03 Å². The summed E-state index contributed by atoms with van der Waals surface area (Å²) >= 11 is 0. The lowest BCUT2D eigenvalue weighted by atomic mass is 9.98. The van der Waals surface area contributed by atoms with Crippen molar-refractivity contribution >= 4 is 11.8 Å². The van der Waals surface area contributed by atoms with Crippen LogP contribution in [-0.2, 0) is 4.79 Å². The van der Waals surface area contributed by atoms with Gasteiger partial charge in [-0.1, -0.05) is 20.8 Å². The first-order valence-corrected chi connectivity index (χ1v) is 6.64. The van der Waals surface area contributed by atoms with E-state index in [4.69, 9.17) is 0 Å². The number of Topliss-reactive ketones (excluding diaryl/α,β-unsaturated/α-hetero) is 1. The third-order valence-electron chi connectivity index (χ3n) is 3.28. The van der Waals surface area contributed by atoms with Crippen molar-refractivity contribution in [2.75, 3.05) is 13.1 Å². The SMILES string of the molecule is CCC(=O)[C@@H](NC(=O)N1CCCCC1)C(C)C. The number of nitrogens with one attached hydrogen (secondary N) is 1. The van der Waals surface area contributed by atoms with Gasteiger partial charge in [0.25, 0.3) is 0 Å². The fourth-order valence-corrected chi connectivity index (χ4v) is 2.16. The maximum Gasteiger partial charge on any atom is 0.317 e. The highest BCUT2D eigenvalue weighted by atomic mass is 16.2. The Kier molecular flexibility index (Phi) is 5.45. The van der Waals surface area contributed by atoms with Crippen LogP contribution in [0.25, 0.3) is 0 Å². The molecular weight excluding hydrogens is 216 g/mol. The number of piperidine rings is 1. The molecule has 0 bridgehead atoms. The van der Waals surface area contributed by atoms with Crippen LogP contribution >= 0.6 is 0 Å². The lowest BCUT2D eigenvalue weighted by molar-refractivity contribution is -0.121. The topological polar surface area (TPSA) is 49.4 Å². The number of amides is 2. The minimum Gasteiger partial charge on any atom is -0.328 e. The Morgan fingerprint density at radius 1 is 1.18 bits per heavy atom. The second-order valence-electron chi connectivity index (χ2n) is 5.04. The number of rotatable bonds is 4. The monoisotopic (exact) mass is 240 g/mol. The van der Waals surface area contributed by atoms with Gasteiger partial charge in [-0.05, 0) is 25.2 Å². The molecule has 0 saturated carbocycles. The zero-order chi connectivity index (χ0) is 12.8. The summed E-state index contributed by atoms with van der Waals surface area (Å²) in [7, 11) is 0. The van der Waals surface area contributed by atoms with E-state index in [1.54, 1.807) is 0 Å². The average Bonchev–Trinajstić information content (AvgIpc) is 2.35. The molecule has 1 atom stereocenters. The van der Waals surface area contributed by atoms with Crippen molar-refractivity contribution < 1.29 is 9.59 Å². The summed E-state index contributed by atoms with van der Waals surface area (Å²) in [5.74, 6) is 0.265. The molecule has 0 radical (unpaired) electrons. The van der Waals surface area contributed by atoms with Crippen molar-refractivity contribution in [2.45, 2.75) is 52.5 Å². The summed E-state index contributed by atoms with van der Waals surface area (Å²) < 4.78 is 0. The summed E-state index contributed by atoms with van der Waals surface area (Å²) in [6, 6.07) is -0.417. The van der Waals surface area contributed by atoms with Gasteiger partial charge < -0.3 is 10.2 Å². The second-order valence-corrected chi connectivity index (χ2v) is 5.04. The van der Waals surface area contributed by atoms with Gasteiger partial charge in [0, 0.05) is 19.5 Å². The summed E-state index contributed by atoms with van der Waals surface area (Å²) in [4.78, 5) is 25.6. The van der Waals surface area contributed by atoms with E-state index in [2.05, 4.69) is 5.32 Å². The predicted octanol–water partition coefficient (Wildman–Crippen LogP) is 2.19. The number of nitrogens with zero attached hydrogens (tertiary/aromatic N) is 1. The molecule has 0 unspecified atom stereocenters. The van der Waals surface area contributed by atoms with Gasteiger partial charge in [0.1, 0.15) is 0 Å². The first kappa shape index (κ1) is 14.0. The summed E-state index contributed by atoms with van der Waals surface area (Å²) in [5, 5.41) is 2.87. The third kappa shape index (κ3) is 4.02. The first-order chi connectivity index (χ1) is 8.06. The van der Waals surface area contributed by atoms with E-state index in [1.807, 2.05) is 25.7 Å². The third-order valence-corrected chi connectivity index (χ3v) is 3.28. The van der Waals surface area contributed by atoms with E-state index in [1.165, 1.54) is 6.42 Å². The van der Waals surface area contributed by atoms with E-state index in [-0.39, 0.29) is 23.8 Å². The van der Waals surface area contributed by atoms with Crippen LogP contribution in [0.15, 0.2) is 0 Å². The second kappa shape index (κ2) is 6.62. The minimum absolute atomic E-state index is 0.0785. The van der Waals surface area contributed by atoms with Gasteiger partial charge in [-0.2, -0.15) is 0 Å². The van der Waals surface area contributed by atoms with Gasteiger partial charge in [0.05, 0.1) is 6.04 Å². The van der Waals surface area contributed by atoms with Crippen molar-refractivity contribution in [3.05, 3.63) is 0 Å². The van der Waals surface area contributed by atoms with Crippen molar-refractivity contribution in [1.82, 2.24) is 10.2 Å². The van der Waals surface area contributed by atoms with E-state index in [0.717, 1.165) is 25.9 Å². The zero-order valence-corrected chi connectivity index (χ0v) is 11.2. The molecule has 1 rings (SSSR count). The summed E-state index contributed by atoms with van der Waals surface area (Å²) in [5.41, 5.74) is 0. The van der Waals surface area contributed by atoms with Gasteiger partial charge in [0.15, 0.2) is 5.78 Å². The number of carbonyl (C=O) groups excluding carboxylic acids is 2. The van der Waals surface area contributed by atoms with Crippen molar-refractivity contribution in [3.63, 3.8) is 0 Å². The van der Waals surface area contributed by atoms with Gasteiger partial charge in [-0.15, -0.1) is 0 Å². The Morgan fingerprint density at radius 3 is 2.24 bits per heavy atom. The summed E-state index contributed by atoms with van der Waals surface area (Å²) in [6.45, 7) is 7.40. The Labute approximate surface area is 104 Å². The number of likely N-dealkylation sites (tertiary alicyclic amines) is 1. The molecule has 0 aromatic carbocycles. The standard InChI is InChI=1S/C13H24N2O2/c1-4-11(16)12(10(2)3)14-13(17)15-8-6-5-7-9-15/h10,12H,4-9H2,1-3H3,(H,14,17)/t12-/m0/s1. The molecule has 0 spiro atoms. The smallest absolute Gasteiger partial charge is 0.317 e. The molecule has 1 saturated heterocycles. The average molecular weight is 240 g/mol. The van der Waals surface area contributed by atoms with Crippen LogP contribution < -0.4 is 5.32 Å². The number of hydrogen-bond acceptors (Lipinski definition) is 2. The molecule has 0 aliphatic carbocycles. The summed E-state index contributed by atoms with van der Waals surface area (Å²) in [6.07, 6.45) is 3.82. The van der Waals surface area contributed by atoms with E-state index in [0.29, 0.717) is 6.42 Å². The highest BCUT2D eigenvalue weighted by Gasteiger charge is 2.25. The lowest BCUT2D eigenvalue weighted by Crippen LogP contribution is -2.51. The maximum absolute atomic E-state index is 12.0. The van der Waals surface area contributed by atoms with E-state index < -0.39 is 0 Å². The maximum atomic E-state index is 12.0. The van der Waals surface area contributed by atoms with Crippen molar-refractivity contribution in [2.24, 2.45) is 5.92 Å². The van der Waals surface area contributed by atoms with Crippen LogP contribution in [0.4, 0.5) is 4.79 Å². The van der Waals surface area contributed by atoms with Crippen LogP contribution in [0.2, 0.25) is 0 Å². The Bertz CT molecular complexity index is 271. The molecule has 1 heterocycles. The first-order valence-electron chi connectivity index (χ1n) is 6.64. The van der Waals surface area contributed by atoms with Crippen LogP contribution in [0.3, 0.4) is 0 Å². The van der Waals surface area contributed by atoms with Gasteiger partial charge in [0.2, 0.25) is 0 Å². The molecule has 1 fully saturated rings. The molecule has 98 valence electrons. The van der Waals surface area contributed by atoms with Crippen LogP contribution in [0.5, 0.6) is 0 Å². The van der Waals surface area contributed by atoms with Crippen LogP contribution in [-0.4, -0.2) is 35.8 Å². The molecule has 1 aliphatic heterocycles. The normalized spacial score (nSPS) is 18.0. The molecule has 1 N–H and O–H groups in total. The fourth-order valence-electron chi connectivity index (χ4n) is 2.16. The predicted molar refractivity (Wildman–Crippen MR) is 67.9 cm³/mol. The van der Waals surface area contributed by atoms with E-state index >= 15 is 0 Å². The molecule has 0 aromatic rings. The molecule has 1 aliphatic rings. The van der Waals surface area contributed by atoms with Gasteiger partial charge in [-0.3, -0.25) is 4.79 Å². The van der Waals surface area contributed by atoms with Crippen molar-refractivity contribution in [1.29, 1.82) is 0 Å². The Morgan fingerprint density at radius 2 is 1.76 bits per heavy atom. The van der Waals surface area contributed by atoms with Gasteiger partial charge in [-0.25, -0.2) is 4.79 Å². The van der Waals surface area contributed by atoms with E-state index in [9.17, 15) is 9.59 Å². The highest BCUT2D eigenvalue weighted by molar-refractivity contribution is 5.88. The minimum atomic E-state index is -0.338. The molecule has 0 aromatic heterocycles.